The van der Waals surface area contributed by atoms with Gasteiger partial charge >= 0.3 is 0 Å². The third-order valence-electron chi connectivity index (χ3n) is 6.59. The number of H-pyrrole nitrogens is 1. The lowest BCUT2D eigenvalue weighted by Gasteiger charge is -2.52. The van der Waals surface area contributed by atoms with Crippen molar-refractivity contribution in [1.29, 1.82) is 0 Å². The highest BCUT2D eigenvalue weighted by molar-refractivity contribution is 6.02. The summed E-state index contributed by atoms with van der Waals surface area (Å²) in [5, 5.41) is 1.16. The number of primary amides is 1. The number of aromatic nitrogens is 1. The summed E-state index contributed by atoms with van der Waals surface area (Å²) in [7, 11) is 0. The normalized spacial score (nSPS) is 25.1. The standard InChI is InChI=1S/C24H25N3O3/c1-14-7-8-19-17(11-14)15(13-26-19)9-10-27-23(29)21(22(25)28)18-12-24(27,2)30-20-6-4-3-5-16(18)20/h3-8,11,13,18,21,26H,9-10,12H2,1-2H3,(H2,25,28)/t18-,21+,24+/m0/s1. The number of likely N-dealkylation sites (tertiary alicyclic amines) is 1. The van der Waals surface area contributed by atoms with Crippen LogP contribution in [-0.4, -0.2) is 34.0 Å². The lowest BCUT2D eigenvalue weighted by Crippen LogP contribution is -2.64. The van der Waals surface area contributed by atoms with Crippen molar-refractivity contribution in [3.05, 3.63) is 65.4 Å². The lowest BCUT2D eigenvalue weighted by atomic mass is 9.73. The molecule has 154 valence electrons. The summed E-state index contributed by atoms with van der Waals surface area (Å²) >= 11 is 0. The number of amides is 2. The minimum atomic E-state index is -0.867. The van der Waals surface area contributed by atoms with Crippen LogP contribution in [0.4, 0.5) is 0 Å². The molecular formula is C24H25N3O3. The number of nitrogens with two attached hydrogens (primary N) is 1. The lowest BCUT2D eigenvalue weighted by molar-refractivity contribution is -0.175. The summed E-state index contributed by atoms with van der Waals surface area (Å²) in [6.07, 6.45) is 3.20. The number of carbonyl (C=O) groups is 2. The third-order valence-corrected chi connectivity index (χ3v) is 6.59. The van der Waals surface area contributed by atoms with Crippen molar-refractivity contribution in [2.45, 2.75) is 38.3 Å². The second-order valence-corrected chi connectivity index (χ2v) is 8.61. The maximum atomic E-state index is 13.4. The molecule has 2 amide bonds. The number of nitrogens with zero attached hydrogens (tertiary/aromatic N) is 1. The number of hydrogen-bond acceptors (Lipinski definition) is 3. The molecule has 3 heterocycles. The van der Waals surface area contributed by atoms with Crippen LogP contribution in [0.1, 0.15) is 36.0 Å². The summed E-state index contributed by atoms with van der Waals surface area (Å²) in [6, 6.07) is 13.9. The van der Waals surface area contributed by atoms with Crippen LogP contribution in [0, 0.1) is 12.8 Å². The van der Waals surface area contributed by atoms with Gasteiger partial charge < -0.3 is 20.4 Å². The van der Waals surface area contributed by atoms with Crippen molar-refractivity contribution < 1.29 is 14.3 Å². The summed E-state index contributed by atoms with van der Waals surface area (Å²) in [5.74, 6) is -1.21. The van der Waals surface area contributed by atoms with Crippen LogP contribution in [0.3, 0.4) is 0 Å². The maximum Gasteiger partial charge on any atom is 0.238 e. The SMILES string of the molecule is Cc1ccc2[nH]cc(CCN3C(=O)[C@@H](C(N)=O)[C@H]4C[C@@]3(C)Oc3ccccc34)c2c1. The van der Waals surface area contributed by atoms with Gasteiger partial charge in [0.2, 0.25) is 11.8 Å². The molecule has 0 unspecified atom stereocenters. The first-order chi connectivity index (χ1) is 14.4. The fourth-order valence-corrected chi connectivity index (χ4v) is 5.11. The number of rotatable bonds is 4. The summed E-state index contributed by atoms with van der Waals surface area (Å²) in [6.45, 7) is 4.45. The van der Waals surface area contributed by atoms with Crippen LogP contribution in [-0.2, 0) is 16.0 Å². The fraction of sp³-hybridized carbons (Fsp3) is 0.333. The van der Waals surface area contributed by atoms with Gasteiger partial charge in [-0.1, -0.05) is 29.8 Å². The van der Waals surface area contributed by atoms with E-state index in [4.69, 9.17) is 10.5 Å². The molecule has 0 aliphatic carbocycles. The molecule has 2 aliphatic heterocycles. The molecule has 2 aliphatic rings. The number of hydrogen-bond donors (Lipinski definition) is 2. The number of ether oxygens (including phenoxy) is 1. The average molecular weight is 403 g/mol. The van der Waals surface area contributed by atoms with Gasteiger partial charge in [-0.2, -0.15) is 0 Å². The van der Waals surface area contributed by atoms with Crippen LogP contribution in [0.15, 0.2) is 48.7 Å². The second-order valence-electron chi connectivity index (χ2n) is 8.61. The molecule has 5 rings (SSSR count). The minimum Gasteiger partial charge on any atom is -0.468 e. The molecule has 3 atom stereocenters. The topological polar surface area (TPSA) is 88.4 Å². The molecule has 3 aromatic rings. The van der Waals surface area contributed by atoms with Gasteiger partial charge in [-0.05, 0) is 49.6 Å². The Balaban J connectivity index is 1.49. The average Bonchev–Trinajstić information content (AvgIpc) is 3.09. The van der Waals surface area contributed by atoms with Gasteiger partial charge in [-0.3, -0.25) is 9.59 Å². The Kier molecular flexibility index (Phi) is 4.13. The second kappa shape index (κ2) is 6.62. The van der Waals surface area contributed by atoms with Crippen molar-refractivity contribution >= 4 is 22.7 Å². The Bertz CT molecular complexity index is 1170. The Morgan fingerprint density at radius 3 is 2.90 bits per heavy atom. The molecular weight excluding hydrogens is 378 g/mol. The zero-order valence-electron chi connectivity index (χ0n) is 17.1. The number of nitrogens with one attached hydrogen (secondary N) is 1. The Labute approximate surface area is 175 Å². The monoisotopic (exact) mass is 403 g/mol. The van der Waals surface area contributed by atoms with Crippen molar-refractivity contribution in [1.82, 2.24) is 9.88 Å². The molecule has 6 nitrogen and oxygen atoms in total. The molecule has 2 bridgehead atoms. The van der Waals surface area contributed by atoms with Crippen molar-refractivity contribution in [3.63, 3.8) is 0 Å². The number of benzene rings is 2. The van der Waals surface area contributed by atoms with E-state index in [0.29, 0.717) is 19.4 Å². The van der Waals surface area contributed by atoms with Gasteiger partial charge in [-0.15, -0.1) is 0 Å². The van der Waals surface area contributed by atoms with Crippen molar-refractivity contribution in [2.24, 2.45) is 11.7 Å². The maximum absolute atomic E-state index is 13.4. The first kappa shape index (κ1) is 18.7. The van der Waals surface area contributed by atoms with Crippen LogP contribution < -0.4 is 10.5 Å². The van der Waals surface area contributed by atoms with E-state index in [0.717, 1.165) is 27.8 Å². The van der Waals surface area contributed by atoms with Gasteiger partial charge in [0.05, 0.1) is 0 Å². The Morgan fingerprint density at radius 1 is 1.30 bits per heavy atom. The zero-order chi connectivity index (χ0) is 21.0. The number of para-hydroxylation sites is 1. The molecule has 1 fully saturated rings. The van der Waals surface area contributed by atoms with Gasteiger partial charge in [0.25, 0.3) is 0 Å². The first-order valence-electron chi connectivity index (χ1n) is 10.3. The number of piperidine rings is 1. The van der Waals surface area contributed by atoms with E-state index < -0.39 is 17.6 Å². The molecule has 30 heavy (non-hydrogen) atoms. The number of aromatic amines is 1. The van der Waals surface area contributed by atoms with E-state index in [-0.39, 0.29) is 11.8 Å². The zero-order valence-corrected chi connectivity index (χ0v) is 17.1. The van der Waals surface area contributed by atoms with Gasteiger partial charge in [0, 0.05) is 36.0 Å². The molecule has 3 N–H and O–H groups in total. The number of fused-ring (bicyclic) bond motifs is 5. The first-order valence-corrected chi connectivity index (χ1v) is 10.3. The Morgan fingerprint density at radius 2 is 2.10 bits per heavy atom. The quantitative estimate of drug-likeness (QED) is 0.656. The van der Waals surface area contributed by atoms with E-state index in [1.165, 1.54) is 5.56 Å². The predicted molar refractivity (Wildman–Crippen MR) is 114 cm³/mol. The number of aryl methyl sites for hydroxylation is 1. The molecule has 6 heteroatoms. The Hall–Kier alpha value is -3.28. The van der Waals surface area contributed by atoms with Gasteiger partial charge in [0.15, 0.2) is 5.72 Å². The predicted octanol–water partition coefficient (Wildman–Crippen LogP) is 3.25. The van der Waals surface area contributed by atoms with Crippen molar-refractivity contribution in [3.8, 4) is 5.75 Å². The fourth-order valence-electron chi connectivity index (χ4n) is 5.11. The summed E-state index contributed by atoms with van der Waals surface area (Å²) in [5.41, 5.74) is 9.19. The van der Waals surface area contributed by atoms with E-state index in [1.807, 2.05) is 37.4 Å². The van der Waals surface area contributed by atoms with Crippen LogP contribution >= 0.6 is 0 Å². The molecule has 1 aromatic heterocycles. The van der Waals surface area contributed by atoms with Crippen molar-refractivity contribution in [2.75, 3.05) is 6.54 Å². The van der Waals surface area contributed by atoms with E-state index in [2.05, 4.69) is 30.1 Å². The largest absolute Gasteiger partial charge is 0.468 e. The molecule has 2 aromatic carbocycles. The molecule has 1 saturated heterocycles. The molecule has 0 spiro atoms. The van der Waals surface area contributed by atoms with E-state index >= 15 is 0 Å². The van der Waals surface area contributed by atoms with Crippen LogP contribution in [0.5, 0.6) is 5.75 Å². The van der Waals surface area contributed by atoms with Crippen LogP contribution in [0.25, 0.3) is 10.9 Å². The highest BCUT2D eigenvalue weighted by Gasteiger charge is 2.55. The third kappa shape index (κ3) is 2.78. The van der Waals surface area contributed by atoms with Crippen LogP contribution in [0.2, 0.25) is 0 Å². The minimum absolute atomic E-state index is 0.244. The highest BCUT2D eigenvalue weighted by Crippen LogP contribution is 2.50. The highest BCUT2D eigenvalue weighted by atomic mass is 16.5. The van der Waals surface area contributed by atoms with Gasteiger partial charge in [-0.25, -0.2) is 0 Å². The number of carbonyl (C=O) groups excluding carboxylic acids is 2. The van der Waals surface area contributed by atoms with Gasteiger partial charge in [0.1, 0.15) is 11.7 Å². The smallest absolute Gasteiger partial charge is 0.238 e. The summed E-state index contributed by atoms with van der Waals surface area (Å²) in [4.78, 5) is 30.7. The molecule has 0 saturated carbocycles. The van der Waals surface area contributed by atoms with E-state index in [9.17, 15) is 9.59 Å². The van der Waals surface area contributed by atoms with E-state index in [1.54, 1.807) is 4.90 Å². The molecule has 0 radical (unpaired) electrons. The summed E-state index contributed by atoms with van der Waals surface area (Å²) < 4.78 is 6.32.